The average molecular weight is 339 g/mol. The van der Waals surface area contributed by atoms with Crippen LogP contribution in [0.5, 0.6) is 11.8 Å². The maximum absolute atomic E-state index is 10.8. The van der Waals surface area contributed by atoms with E-state index in [4.69, 9.17) is 9.47 Å². The monoisotopic (exact) mass is 338 g/mol. The number of halogens is 1. The number of methoxy groups -OCH3 is 2. The Morgan fingerprint density at radius 1 is 1.25 bits per heavy atom. The summed E-state index contributed by atoms with van der Waals surface area (Å²) in [6, 6.07) is 7.37. The van der Waals surface area contributed by atoms with Crippen molar-refractivity contribution in [2.24, 2.45) is 0 Å². The van der Waals surface area contributed by atoms with E-state index in [1.165, 1.54) is 20.4 Å². The Hall–Kier alpha value is -1.66. The van der Waals surface area contributed by atoms with E-state index in [-0.39, 0.29) is 5.88 Å². The Balaban J connectivity index is 2.53. The number of benzene rings is 1. The molecule has 1 N–H and O–H groups in total. The molecular formula is C14H15BrN2O3. The fraction of sp³-hybridized carbons (Fsp3) is 0.286. The number of rotatable bonds is 4. The Labute approximate surface area is 125 Å². The molecule has 0 bridgehead atoms. The molecule has 0 spiro atoms. The van der Waals surface area contributed by atoms with Gasteiger partial charge in [0.15, 0.2) is 0 Å². The maximum Gasteiger partial charge on any atom is 0.242 e. The Kier molecular flexibility index (Phi) is 4.25. The van der Waals surface area contributed by atoms with Crippen molar-refractivity contribution in [2.45, 2.75) is 12.5 Å². The maximum atomic E-state index is 10.8. The van der Waals surface area contributed by atoms with Crippen molar-refractivity contribution in [3.63, 3.8) is 0 Å². The minimum absolute atomic E-state index is 0.231. The second-order valence-electron chi connectivity index (χ2n) is 4.35. The lowest BCUT2D eigenvalue weighted by molar-refractivity contribution is 0.0926. The molecule has 6 heteroatoms. The van der Waals surface area contributed by atoms with Crippen LogP contribution in [0.3, 0.4) is 0 Å². The second kappa shape index (κ2) is 5.76. The van der Waals surface area contributed by atoms with Gasteiger partial charge in [-0.15, -0.1) is 0 Å². The normalized spacial score (nSPS) is 13.7. The number of aromatic nitrogens is 2. The lowest BCUT2D eigenvalue weighted by Gasteiger charge is -2.24. The van der Waals surface area contributed by atoms with Crippen LogP contribution in [0.2, 0.25) is 0 Å². The first-order valence-corrected chi connectivity index (χ1v) is 6.72. The van der Waals surface area contributed by atoms with Crippen LogP contribution >= 0.6 is 15.9 Å². The molecule has 1 atom stereocenters. The first-order valence-electron chi connectivity index (χ1n) is 5.93. The predicted octanol–water partition coefficient (Wildman–Crippen LogP) is 2.51. The molecule has 5 nitrogen and oxygen atoms in total. The molecule has 106 valence electrons. The summed E-state index contributed by atoms with van der Waals surface area (Å²) in [5, 5.41) is 10.8. The highest BCUT2D eigenvalue weighted by Gasteiger charge is 2.32. The summed E-state index contributed by atoms with van der Waals surface area (Å²) >= 11 is 3.39. The summed E-state index contributed by atoms with van der Waals surface area (Å²) in [6.45, 7) is 1.65. The van der Waals surface area contributed by atoms with Gasteiger partial charge in [-0.05, 0) is 24.6 Å². The van der Waals surface area contributed by atoms with E-state index in [0.29, 0.717) is 17.1 Å². The molecule has 0 radical (unpaired) electrons. The van der Waals surface area contributed by atoms with Crippen LogP contribution in [0.25, 0.3) is 0 Å². The highest BCUT2D eigenvalue weighted by Crippen LogP contribution is 2.34. The standard InChI is InChI=1S/C14H15BrN2O3/c1-14(18,9-5-4-6-10(15)7-9)12-13(20-3)17-11(19-2)8-16-12/h4-8,18H,1-3H3. The van der Waals surface area contributed by atoms with E-state index < -0.39 is 5.60 Å². The van der Waals surface area contributed by atoms with E-state index in [9.17, 15) is 5.11 Å². The van der Waals surface area contributed by atoms with Gasteiger partial charge in [-0.25, -0.2) is 4.98 Å². The van der Waals surface area contributed by atoms with Gasteiger partial charge in [-0.1, -0.05) is 28.1 Å². The third-order valence-electron chi connectivity index (χ3n) is 2.97. The predicted molar refractivity (Wildman–Crippen MR) is 78.0 cm³/mol. The molecule has 2 aromatic rings. The largest absolute Gasteiger partial charge is 0.480 e. The Bertz CT molecular complexity index is 617. The summed E-state index contributed by atoms with van der Waals surface area (Å²) in [5.74, 6) is 0.560. The number of ether oxygens (including phenoxy) is 2. The van der Waals surface area contributed by atoms with Crippen LogP contribution in [0.4, 0.5) is 0 Å². The quantitative estimate of drug-likeness (QED) is 0.927. The third kappa shape index (κ3) is 2.76. The van der Waals surface area contributed by atoms with Crippen molar-refractivity contribution in [2.75, 3.05) is 14.2 Å². The molecule has 0 aliphatic heterocycles. The zero-order valence-corrected chi connectivity index (χ0v) is 13.0. The fourth-order valence-electron chi connectivity index (χ4n) is 1.86. The van der Waals surface area contributed by atoms with Crippen molar-refractivity contribution in [1.29, 1.82) is 0 Å². The zero-order chi connectivity index (χ0) is 14.8. The number of aliphatic hydroxyl groups is 1. The first-order chi connectivity index (χ1) is 9.48. The first kappa shape index (κ1) is 14.7. The van der Waals surface area contributed by atoms with Crippen LogP contribution in [-0.2, 0) is 5.60 Å². The molecule has 1 unspecified atom stereocenters. The summed E-state index contributed by atoms with van der Waals surface area (Å²) < 4.78 is 11.1. The van der Waals surface area contributed by atoms with Crippen molar-refractivity contribution in [3.05, 3.63) is 46.2 Å². The molecule has 1 aromatic heterocycles. The molecule has 1 aromatic carbocycles. The van der Waals surface area contributed by atoms with Gasteiger partial charge in [0, 0.05) is 4.47 Å². The molecule has 0 saturated heterocycles. The highest BCUT2D eigenvalue weighted by molar-refractivity contribution is 9.10. The van der Waals surface area contributed by atoms with E-state index in [1.54, 1.807) is 6.92 Å². The van der Waals surface area contributed by atoms with Gasteiger partial charge in [0.1, 0.15) is 11.3 Å². The molecule has 0 fully saturated rings. The van der Waals surface area contributed by atoms with Crippen LogP contribution in [0.1, 0.15) is 18.2 Å². The SMILES string of the molecule is COc1cnc(C(C)(O)c2cccc(Br)c2)c(OC)n1. The fourth-order valence-corrected chi connectivity index (χ4v) is 2.26. The van der Waals surface area contributed by atoms with E-state index in [1.807, 2.05) is 24.3 Å². The molecule has 2 rings (SSSR count). The zero-order valence-electron chi connectivity index (χ0n) is 11.4. The Morgan fingerprint density at radius 2 is 2.00 bits per heavy atom. The number of hydrogen-bond donors (Lipinski definition) is 1. The van der Waals surface area contributed by atoms with Gasteiger partial charge < -0.3 is 14.6 Å². The van der Waals surface area contributed by atoms with Crippen LogP contribution in [0.15, 0.2) is 34.9 Å². The average Bonchev–Trinajstić information content (AvgIpc) is 2.46. The van der Waals surface area contributed by atoms with Gasteiger partial charge in [-0.3, -0.25) is 0 Å². The Morgan fingerprint density at radius 3 is 2.60 bits per heavy atom. The van der Waals surface area contributed by atoms with Crippen molar-refractivity contribution < 1.29 is 14.6 Å². The van der Waals surface area contributed by atoms with Gasteiger partial charge in [0.05, 0.1) is 20.4 Å². The van der Waals surface area contributed by atoms with Gasteiger partial charge in [0.25, 0.3) is 0 Å². The summed E-state index contributed by atoms with van der Waals surface area (Å²) in [4.78, 5) is 8.37. The molecule has 0 amide bonds. The highest BCUT2D eigenvalue weighted by atomic mass is 79.9. The minimum atomic E-state index is -1.33. The topological polar surface area (TPSA) is 64.5 Å². The second-order valence-corrected chi connectivity index (χ2v) is 5.27. The van der Waals surface area contributed by atoms with E-state index in [0.717, 1.165) is 4.47 Å². The third-order valence-corrected chi connectivity index (χ3v) is 3.46. The number of nitrogens with zero attached hydrogens (tertiary/aromatic N) is 2. The molecule has 0 aliphatic rings. The molecule has 20 heavy (non-hydrogen) atoms. The van der Waals surface area contributed by atoms with Crippen molar-refractivity contribution >= 4 is 15.9 Å². The van der Waals surface area contributed by atoms with Crippen molar-refractivity contribution in [1.82, 2.24) is 9.97 Å². The van der Waals surface area contributed by atoms with E-state index in [2.05, 4.69) is 25.9 Å². The van der Waals surface area contributed by atoms with Crippen molar-refractivity contribution in [3.8, 4) is 11.8 Å². The van der Waals surface area contributed by atoms with Crippen LogP contribution < -0.4 is 9.47 Å². The molecular weight excluding hydrogens is 324 g/mol. The summed E-state index contributed by atoms with van der Waals surface area (Å²) in [6.07, 6.45) is 1.45. The smallest absolute Gasteiger partial charge is 0.242 e. The van der Waals surface area contributed by atoms with Gasteiger partial charge in [0.2, 0.25) is 11.8 Å². The molecule has 1 heterocycles. The van der Waals surface area contributed by atoms with E-state index >= 15 is 0 Å². The van der Waals surface area contributed by atoms with Crippen LogP contribution in [-0.4, -0.2) is 29.3 Å². The minimum Gasteiger partial charge on any atom is -0.480 e. The number of hydrogen-bond acceptors (Lipinski definition) is 5. The lowest BCUT2D eigenvalue weighted by Crippen LogP contribution is -2.25. The molecule has 0 aliphatic carbocycles. The molecule has 0 saturated carbocycles. The van der Waals surface area contributed by atoms with Gasteiger partial charge in [-0.2, -0.15) is 4.98 Å². The summed E-state index contributed by atoms with van der Waals surface area (Å²) in [5.41, 5.74) is -0.308. The van der Waals surface area contributed by atoms with Crippen LogP contribution in [0, 0.1) is 0 Å². The summed E-state index contributed by atoms with van der Waals surface area (Å²) in [7, 11) is 2.97. The van der Waals surface area contributed by atoms with Gasteiger partial charge >= 0.3 is 0 Å². The lowest BCUT2D eigenvalue weighted by atomic mass is 9.92.